The van der Waals surface area contributed by atoms with Gasteiger partial charge in [-0.1, -0.05) is 29.8 Å². The predicted molar refractivity (Wildman–Crippen MR) is 84.5 cm³/mol. The van der Waals surface area contributed by atoms with Gasteiger partial charge in [-0.15, -0.1) is 23.1 Å². The largest absolute Gasteiger partial charge is 0.321 e. The Kier molecular flexibility index (Phi) is 4.01. The summed E-state index contributed by atoms with van der Waals surface area (Å²) in [6.45, 7) is 2.62. The quantitative estimate of drug-likeness (QED) is 0.837. The monoisotopic (exact) mass is 324 g/mol. The highest BCUT2D eigenvalue weighted by molar-refractivity contribution is 7.99. The summed E-state index contributed by atoms with van der Waals surface area (Å²) in [5, 5.41) is 0.712. The minimum atomic E-state index is -0.00213. The number of thiazole rings is 1. The zero-order valence-corrected chi connectivity index (χ0v) is 13.3. The van der Waals surface area contributed by atoms with Crippen LogP contribution < -0.4 is 0 Å². The number of amides is 1. The van der Waals surface area contributed by atoms with Crippen molar-refractivity contribution in [2.45, 2.75) is 12.3 Å². The number of rotatable bonds is 2. The Hall–Kier alpha value is -1.04. The molecular weight excluding hydrogens is 312 g/mol. The maximum atomic E-state index is 12.7. The highest BCUT2D eigenvalue weighted by Gasteiger charge is 2.33. The minimum absolute atomic E-state index is 0.00213. The highest BCUT2D eigenvalue weighted by atomic mass is 35.5. The Balaban J connectivity index is 1.92. The molecule has 0 bridgehead atoms. The molecule has 1 aromatic heterocycles. The van der Waals surface area contributed by atoms with Gasteiger partial charge in [-0.2, -0.15) is 0 Å². The first kappa shape index (κ1) is 13.9. The average Bonchev–Trinajstić information content (AvgIpc) is 3.07. The Labute approximate surface area is 131 Å². The van der Waals surface area contributed by atoms with Crippen molar-refractivity contribution < 1.29 is 4.79 Å². The number of hydrogen-bond donors (Lipinski definition) is 0. The molecular formula is C14H13ClN2OS2. The lowest BCUT2D eigenvalue weighted by Crippen LogP contribution is -2.30. The maximum absolute atomic E-state index is 12.7. The number of hydrogen-bond acceptors (Lipinski definition) is 4. The van der Waals surface area contributed by atoms with Crippen LogP contribution in [0.1, 0.15) is 26.3 Å². The van der Waals surface area contributed by atoms with Gasteiger partial charge in [0.05, 0.1) is 11.2 Å². The van der Waals surface area contributed by atoms with Crippen LogP contribution in [0.5, 0.6) is 0 Å². The summed E-state index contributed by atoms with van der Waals surface area (Å²) in [5.41, 5.74) is 3.53. The summed E-state index contributed by atoms with van der Waals surface area (Å²) < 4.78 is 0. The summed E-state index contributed by atoms with van der Waals surface area (Å²) in [5.74, 6) is 0.986. The predicted octanol–water partition coefficient (Wildman–Crippen LogP) is 3.99. The van der Waals surface area contributed by atoms with E-state index in [1.807, 2.05) is 36.1 Å². The van der Waals surface area contributed by atoms with Gasteiger partial charge in [-0.25, -0.2) is 4.98 Å². The Morgan fingerprint density at radius 3 is 2.95 bits per heavy atom. The van der Waals surface area contributed by atoms with E-state index < -0.39 is 0 Å². The summed E-state index contributed by atoms with van der Waals surface area (Å²) in [6, 6.07) is 7.73. The topological polar surface area (TPSA) is 33.2 Å². The number of aromatic nitrogens is 1. The summed E-state index contributed by atoms with van der Waals surface area (Å²) in [7, 11) is 0. The van der Waals surface area contributed by atoms with E-state index in [0.29, 0.717) is 5.02 Å². The van der Waals surface area contributed by atoms with Gasteiger partial charge in [0.2, 0.25) is 0 Å². The van der Waals surface area contributed by atoms with E-state index >= 15 is 0 Å². The van der Waals surface area contributed by atoms with Gasteiger partial charge in [-0.05, 0) is 13.0 Å². The molecule has 1 aliphatic heterocycles. The second-order valence-corrected chi connectivity index (χ2v) is 6.96. The van der Waals surface area contributed by atoms with Crippen molar-refractivity contribution in [1.82, 2.24) is 9.88 Å². The number of aryl methyl sites for hydroxylation is 1. The molecule has 1 amide bonds. The van der Waals surface area contributed by atoms with E-state index in [9.17, 15) is 4.79 Å². The summed E-state index contributed by atoms with van der Waals surface area (Å²) in [4.78, 5) is 19.4. The molecule has 3 nitrogen and oxygen atoms in total. The van der Waals surface area contributed by atoms with Crippen LogP contribution in [0, 0.1) is 6.92 Å². The number of nitrogens with zero attached hydrogens (tertiary/aromatic N) is 2. The van der Waals surface area contributed by atoms with Crippen molar-refractivity contribution in [2.24, 2.45) is 0 Å². The van der Waals surface area contributed by atoms with Crippen LogP contribution in [0.15, 0.2) is 29.8 Å². The lowest BCUT2D eigenvalue weighted by atomic mass is 10.2. The zero-order chi connectivity index (χ0) is 14.1. The molecule has 1 fully saturated rings. The van der Waals surface area contributed by atoms with Crippen LogP contribution in [-0.2, 0) is 0 Å². The smallest absolute Gasteiger partial charge is 0.267 e. The SMILES string of the molecule is Cc1ncsc1C(=O)N1CCSC1c1ccccc1Cl. The maximum Gasteiger partial charge on any atom is 0.267 e. The highest BCUT2D eigenvalue weighted by Crippen LogP contribution is 2.41. The molecule has 0 aliphatic carbocycles. The van der Waals surface area contributed by atoms with Gasteiger partial charge in [0, 0.05) is 22.9 Å². The number of carbonyl (C=O) groups excluding carboxylic acids is 1. The zero-order valence-electron chi connectivity index (χ0n) is 10.9. The van der Waals surface area contributed by atoms with E-state index in [0.717, 1.165) is 28.4 Å². The van der Waals surface area contributed by atoms with E-state index in [4.69, 9.17) is 11.6 Å². The third-order valence-corrected chi connectivity index (χ3v) is 5.77. The van der Waals surface area contributed by atoms with Gasteiger partial charge in [0.15, 0.2) is 0 Å². The number of benzene rings is 1. The summed E-state index contributed by atoms with van der Waals surface area (Å²) >= 11 is 9.42. The van der Waals surface area contributed by atoms with Crippen LogP contribution in [0.3, 0.4) is 0 Å². The van der Waals surface area contributed by atoms with Crippen molar-refractivity contribution in [3.63, 3.8) is 0 Å². The van der Waals surface area contributed by atoms with Gasteiger partial charge < -0.3 is 4.90 Å². The molecule has 0 spiro atoms. The molecule has 1 saturated heterocycles. The molecule has 0 saturated carbocycles. The molecule has 104 valence electrons. The fourth-order valence-corrected chi connectivity index (χ4v) is 4.60. The van der Waals surface area contributed by atoms with Gasteiger partial charge >= 0.3 is 0 Å². The molecule has 20 heavy (non-hydrogen) atoms. The Bertz CT molecular complexity index is 644. The van der Waals surface area contributed by atoms with Crippen LogP contribution in [0.2, 0.25) is 5.02 Å². The Morgan fingerprint density at radius 1 is 1.45 bits per heavy atom. The molecule has 6 heteroatoms. The van der Waals surface area contributed by atoms with Crippen molar-refractivity contribution in [1.29, 1.82) is 0 Å². The van der Waals surface area contributed by atoms with Gasteiger partial charge in [0.25, 0.3) is 5.91 Å². The first-order valence-electron chi connectivity index (χ1n) is 6.25. The summed E-state index contributed by atoms with van der Waals surface area (Å²) in [6.07, 6.45) is 0. The van der Waals surface area contributed by atoms with E-state index in [2.05, 4.69) is 4.98 Å². The first-order valence-corrected chi connectivity index (χ1v) is 8.56. The second-order valence-electron chi connectivity index (χ2n) is 4.51. The molecule has 0 N–H and O–H groups in total. The molecule has 0 radical (unpaired) electrons. The molecule has 1 aromatic carbocycles. The number of carbonyl (C=O) groups is 1. The Morgan fingerprint density at radius 2 is 2.25 bits per heavy atom. The lowest BCUT2D eigenvalue weighted by Gasteiger charge is -2.24. The van der Waals surface area contributed by atoms with Crippen molar-refractivity contribution >= 4 is 40.6 Å². The minimum Gasteiger partial charge on any atom is -0.321 e. The second kappa shape index (κ2) is 5.76. The molecule has 2 aromatic rings. The van der Waals surface area contributed by atoms with Crippen molar-refractivity contribution in [3.05, 3.63) is 50.9 Å². The van der Waals surface area contributed by atoms with Crippen LogP contribution in [-0.4, -0.2) is 28.1 Å². The van der Waals surface area contributed by atoms with Crippen LogP contribution in [0.4, 0.5) is 0 Å². The number of thioether (sulfide) groups is 1. The van der Waals surface area contributed by atoms with Crippen molar-refractivity contribution in [3.8, 4) is 0 Å². The molecule has 1 unspecified atom stereocenters. The fourth-order valence-electron chi connectivity index (χ4n) is 2.25. The molecule has 1 atom stereocenters. The third-order valence-electron chi connectivity index (χ3n) is 3.26. The molecule has 2 heterocycles. The lowest BCUT2D eigenvalue weighted by molar-refractivity contribution is 0.0764. The third kappa shape index (κ3) is 2.45. The normalized spacial score (nSPS) is 18.5. The fraction of sp³-hybridized carbons (Fsp3) is 0.286. The molecule has 3 rings (SSSR count). The van der Waals surface area contributed by atoms with E-state index in [-0.39, 0.29) is 11.3 Å². The van der Waals surface area contributed by atoms with E-state index in [1.54, 1.807) is 17.3 Å². The van der Waals surface area contributed by atoms with Gasteiger partial charge in [0.1, 0.15) is 10.3 Å². The van der Waals surface area contributed by atoms with Gasteiger partial charge in [-0.3, -0.25) is 4.79 Å². The standard InChI is InChI=1S/C14H13ClN2OS2/c1-9-12(20-8-16-9)13(18)17-6-7-19-14(17)10-4-2-3-5-11(10)15/h2-5,8,14H,6-7H2,1H3. The van der Waals surface area contributed by atoms with Crippen LogP contribution in [0.25, 0.3) is 0 Å². The van der Waals surface area contributed by atoms with Crippen LogP contribution >= 0.6 is 34.7 Å². The first-order chi connectivity index (χ1) is 9.68. The number of halogens is 1. The average molecular weight is 325 g/mol. The van der Waals surface area contributed by atoms with Crippen molar-refractivity contribution in [2.75, 3.05) is 12.3 Å². The molecule has 1 aliphatic rings. The van der Waals surface area contributed by atoms with E-state index in [1.165, 1.54) is 11.3 Å².